The van der Waals surface area contributed by atoms with Gasteiger partial charge in [-0.05, 0) is 53.1 Å². The number of thiophene rings is 1. The summed E-state index contributed by atoms with van der Waals surface area (Å²) >= 11 is 1.61. The summed E-state index contributed by atoms with van der Waals surface area (Å²) in [6, 6.07) is 8.31. The summed E-state index contributed by atoms with van der Waals surface area (Å²) in [5.74, 6) is -0.0828. The van der Waals surface area contributed by atoms with Crippen molar-refractivity contribution in [1.82, 2.24) is 4.31 Å². The summed E-state index contributed by atoms with van der Waals surface area (Å²) in [5, 5.41) is 6.81. The maximum absolute atomic E-state index is 12.4. The molecule has 2 rings (SSSR count). The second-order valence-corrected chi connectivity index (χ2v) is 8.01. The van der Waals surface area contributed by atoms with Crippen LogP contribution in [0.25, 0.3) is 0 Å². The molecular weight excluding hydrogens is 344 g/mol. The van der Waals surface area contributed by atoms with Crippen molar-refractivity contribution >= 4 is 33.0 Å². The Labute approximate surface area is 147 Å². The number of nitrogens with zero attached hydrogens (tertiary/aromatic N) is 1. The highest BCUT2D eigenvalue weighted by molar-refractivity contribution is 7.89. The van der Waals surface area contributed by atoms with Gasteiger partial charge < -0.3 is 5.32 Å². The first kappa shape index (κ1) is 18.6. The molecule has 0 aliphatic heterocycles. The molecule has 130 valence electrons. The molecular formula is C17H22N2O3S2. The number of hydrogen-bond donors (Lipinski definition) is 1. The molecule has 1 heterocycles. The number of anilines is 1. The monoisotopic (exact) mass is 366 g/mol. The number of sulfonamides is 1. The Morgan fingerprint density at radius 2 is 1.79 bits per heavy atom. The van der Waals surface area contributed by atoms with Crippen molar-refractivity contribution in [1.29, 1.82) is 0 Å². The number of amides is 1. The quantitative estimate of drug-likeness (QED) is 0.779. The van der Waals surface area contributed by atoms with Gasteiger partial charge in [-0.25, -0.2) is 8.42 Å². The third kappa shape index (κ3) is 4.66. The molecule has 0 aliphatic rings. The standard InChI is InChI=1S/C17H22N2O3S2/c1-3-19(4-2)24(21,22)16-8-6-15(7-9-16)18-17(20)10-5-14-11-12-23-13-14/h6-9,11-13H,3-5,10H2,1-2H3,(H,18,20). The van der Waals surface area contributed by atoms with E-state index < -0.39 is 10.0 Å². The van der Waals surface area contributed by atoms with Crippen LogP contribution in [0.1, 0.15) is 25.8 Å². The third-order valence-corrected chi connectivity index (χ3v) is 6.50. The van der Waals surface area contributed by atoms with Gasteiger partial charge in [-0.15, -0.1) is 0 Å². The molecule has 1 N–H and O–H groups in total. The zero-order valence-corrected chi connectivity index (χ0v) is 15.5. The fourth-order valence-electron chi connectivity index (χ4n) is 2.34. The van der Waals surface area contributed by atoms with E-state index in [-0.39, 0.29) is 10.8 Å². The Morgan fingerprint density at radius 1 is 1.12 bits per heavy atom. The molecule has 5 nitrogen and oxygen atoms in total. The third-order valence-electron chi connectivity index (χ3n) is 3.70. The number of aryl methyl sites for hydroxylation is 1. The average Bonchev–Trinajstić information content (AvgIpc) is 3.08. The van der Waals surface area contributed by atoms with Gasteiger partial charge in [-0.2, -0.15) is 15.6 Å². The zero-order chi connectivity index (χ0) is 17.6. The molecule has 0 spiro atoms. The van der Waals surface area contributed by atoms with Crippen LogP contribution in [0.2, 0.25) is 0 Å². The number of rotatable bonds is 8. The van der Waals surface area contributed by atoms with Crippen molar-refractivity contribution < 1.29 is 13.2 Å². The highest BCUT2D eigenvalue weighted by Gasteiger charge is 2.21. The van der Waals surface area contributed by atoms with E-state index in [1.807, 2.05) is 30.7 Å². The maximum atomic E-state index is 12.4. The SMILES string of the molecule is CCN(CC)S(=O)(=O)c1ccc(NC(=O)CCc2ccsc2)cc1. The Hall–Kier alpha value is -1.70. The normalized spacial score (nSPS) is 11.6. The molecule has 1 aromatic carbocycles. The molecule has 2 aromatic rings. The molecule has 0 saturated heterocycles. The van der Waals surface area contributed by atoms with E-state index in [1.165, 1.54) is 16.4 Å². The Kier molecular flexibility index (Phi) is 6.53. The van der Waals surface area contributed by atoms with Crippen LogP contribution in [0.4, 0.5) is 5.69 Å². The molecule has 1 amide bonds. The van der Waals surface area contributed by atoms with Crippen LogP contribution in [0, 0.1) is 0 Å². The summed E-state index contributed by atoms with van der Waals surface area (Å²) in [6.45, 7) is 4.48. The summed E-state index contributed by atoms with van der Waals surface area (Å²) < 4.78 is 26.2. The summed E-state index contributed by atoms with van der Waals surface area (Å²) in [5.41, 5.74) is 1.75. The summed E-state index contributed by atoms with van der Waals surface area (Å²) in [4.78, 5) is 12.2. The van der Waals surface area contributed by atoms with Crippen molar-refractivity contribution in [3.8, 4) is 0 Å². The fraction of sp³-hybridized carbons (Fsp3) is 0.353. The number of carbonyl (C=O) groups excluding carboxylic acids is 1. The second kappa shape index (κ2) is 8.41. The van der Waals surface area contributed by atoms with Gasteiger partial charge in [0.15, 0.2) is 0 Å². The van der Waals surface area contributed by atoms with Crippen molar-refractivity contribution in [2.75, 3.05) is 18.4 Å². The second-order valence-electron chi connectivity index (χ2n) is 5.29. The smallest absolute Gasteiger partial charge is 0.243 e. The predicted molar refractivity (Wildman–Crippen MR) is 97.8 cm³/mol. The molecule has 0 atom stereocenters. The number of nitrogens with one attached hydrogen (secondary N) is 1. The largest absolute Gasteiger partial charge is 0.326 e. The molecule has 1 aromatic heterocycles. The highest BCUT2D eigenvalue weighted by Crippen LogP contribution is 2.18. The van der Waals surface area contributed by atoms with Crippen molar-refractivity contribution in [3.63, 3.8) is 0 Å². The van der Waals surface area contributed by atoms with Gasteiger partial charge >= 0.3 is 0 Å². The minimum atomic E-state index is -3.46. The van der Waals surface area contributed by atoms with Gasteiger partial charge in [0.1, 0.15) is 0 Å². The van der Waals surface area contributed by atoms with Crippen LogP contribution in [0.3, 0.4) is 0 Å². The van der Waals surface area contributed by atoms with Crippen LogP contribution >= 0.6 is 11.3 Å². The van der Waals surface area contributed by atoms with Gasteiger partial charge in [0.25, 0.3) is 0 Å². The fourth-order valence-corrected chi connectivity index (χ4v) is 4.50. The first-order valence-corrected chi connectivity index (χ1v) is 10.3. The number of hydrogen-bond acceptors (Lipinski definition) is 4. The Morgan fingerprint density at radius 3 is 2.33 bits per heavy atom. The average molecular weight is 367 g/mol. The molecule has 24 heavy (non-hydrogen) atoms. The first-order chi connectivity index (χ1) is 11.5. The van der Waals surface area contributed by atoms with Gasteiger partial charge in [-0.1, -0.05) is 13.8 Å². The lowest BCUT2D eigenvalue weighted by Crippen LogP contribution is -2.30. The molecule has 0 bridgehead atoms. The van der Waals surface area contributed by atoms with E-state index in [0.717, 1.165) is 5.56 Å². The van der Waals surface area contributed by atoms with Crippen LogP contribution < -0.4 is 5.32 Å². The van der Waals surface area contributed by atoms with E-state index in [1.54, 1.807) is 23.5 Å². The first-order valence-electron chi connectivity index (χ1n) is 7.88. The number of carbonyl (C=O) groups is 1. The highest BCUT2D eigenvalue weighted by atomic mass is 32.2. The van der Waals surface area contributed by atoms with E-state index in [4.69, 9.17) is 0 Å². The summed E-state index contributed by atoms with van der Waals surface area (Å²) in [7, 11) is -3.46. The van der Waals surface area contributed by atoms with E-state index in [9.17, 15) is 13.2 Å². The van der Waals surface area contributed by atoms with Crippen LogP contribution in [0.5, 0.6) is 0 Å². The number of benzene rings is 1. The van der Waals surface area contributed by atoms with Crippen molar-refractivity contribution in [2.24, 2.45) is 0 Å². The lowest BCUT2D eigenvalue weighted by Gasteiger charge is -2.18. The molecule has 0 aliphatic carbocycles. The zero-order valence-electron chi connectivity index (χ0n) is 13.9. The van der Waals surface area contributed by atoms with Crippen molar-refractivity contribution in [2.45, 2.75) is 31.6 Å². The molecule has 0 saturated carbocycles. The van der Waals surface area contributed by atoms with Crippen LogP contribution in [-0.2, 0) is 21.2 Å². The van der Waals surface area contributed by atoms with Gasteiger partial charge in [0.2, 0.25) is 15.9 Å². The van der Waals surface area contributed by atoms with Crippen LogP contribution in [0.15, 0.2) is 46.0 Å². The lowest BCUT2D eigenvalue weighted by atomic mass is 10.2. The minimum Gasteiger partial charge on any atom is -0.326 e. The molecule has 7 heteroatoms. The van der Waals surface area contributed by atoms with E-state index in [0.29, 0.717) is 31.6 Å². The van der Waals surface area contributed by atoms with E-state index >= 15 is 0 Å². The van der Waals surface area contributed by atoms with Crippen LogP contribution in [-0.4, -0.2) is 31.7 Å². The molecule has 0 unspecified atom stereocenters. The van der Waals surface area contributed by atoms with Gasteiger partial charge in [0, 0.05) is 25.2 Å². The molecule has 0 fully saturated rings. The molecule has 0 radical (unpaired) electrons. The minimum absolute atomic E-state index is 0.0828. The van der Waals surface area contributed by atoms with Gasteiger partial charge in [0.05, 0.1) is 4.90 Å². The van der Waals surface area contributed by atoms with E-state index in [2.05, 4.69) is 5.32 Å². The van der Waals surface area contributed by atoms with Crippen molar-refractivity contribution in [3.05, 3.63) is 46.7 Å². The Balaban J connectivity index is 1.97. The van der Waals surface area contributed by atoms with Gasteiger partial charge in [-0.3, -0.25) is 4.79 Å². The summed E-state index contributed by atoms with van der Waals surface area (Å²) in [6.07, 6.45) is 1.10. The topological polar surface area (TPSA) is 66.5 Å². The predicted octanol–water partition coefficient (Wildman–Crippen LogP) is 3.35. The maximum Gasteiger partial charge on any atom is 0.243 e. The Bertz CT molecular complexity index is 750. The lowest BCUT2D eigenvalue weighted by molar-refractivity contribution is -0.116.